The molecule has 1 aliphatic heterocycles. The smallest absolute Gasteiger partial charge is 0.248 e. The molecule has 2 aromatic heterocycles. The van der Waals surface area contributed by atoms with Crippen LogP contribution in [0.3, 0.4) is 0 Å². The van der Waals surface area contributed by atoms with Gasteiger partial charge in [0.05, 0.1) is 18.0 Å². The second kappa shape index (κ2) is 9.09. The standard InChI is InChI=1S/C20H22N4O3S/c25-19(15-26-14-16-5-2-1-3-6-16)24-10-8-23(9-11-24)13-18-21-20(22-27-18)17-7-4-12-28-17/h1-7,12H,8-11,13-15H2. The van der Waals surface area contributed by atoms with E-state index in [1.54, 1.807) is 11.3 Å². The van der Waals surface area contributed by atoms with E-state index in [1.807, 2.05) is 52.7 Å². The molecule has 7 nitrogen and oxygen atoms in total. The van der Waals surface area contributed by atoms with Crippen LogP contribution in [0.15, 0.2) is 52.4 Å². The predicted molar refractivity (Wildman–Crippen MR) is 106 cm³/mol. The van der Waals surface area contributed by atoms with Gasteiger partial charge in [-0.05, 0) is 17.0 Å². The lowest BCUT2D eigenvalue weighted by atomic mass is 10.2. The monoisotopic (exact) mass is 398 g/mol. The van der Waals surface area contributed by atoms with Crippen LogP contribution >= 0.6 is 11.3 Å². The summed E-state index contributed by atoms with van der Waals surface area (Å²) in [6.45, 7) is 4.09. The van der Waals surface area contributed by atoms with E-state index in [4.69, 9.17) is 9.26 Å². The summed E-state index contributed by atoms with van der Waals surface area (Å²) < 4.78 is 10.9. The highest BCUT2D eigenvalue weighted by atomic mass is 32.1. The van der Waals surface area contributed by atoms with Crippen LogP contribution in [0.5, 0.6) is 0 Å². The fourth-order valence-corrected chi connectivity index (χ4v) is 3.74. The average Bonchev–Trinajstić information content (AvgIpc) is 3.41. The van der Waals surface area contributed by atoms with Crippen molar-refractivity contribution in [3.8, 4) is 10.7 Å². The Labute approximate surface area is 167 Å². The molecule has 0 aliphatic carbocycles. The van der Waals surface area contributed by atoms with Crippen molar-refractivity contribution in [3.05, 3.63) is 59.3 Å². The molecule has 1 amide bonds. The van der Waals surface area contributed by atoms with Crippen LogP contribution in [0.4, 0.5) is 0 Å². The molecule has 0 bridgehead atoms. The number of hydrogen-bond donors (Lipinski definition) is 0. The maximum atomic E-state index is 12.3. The Hall–Kier alpha value is -2.55. The number of benzene rings is 1. The molecule has 0 spiro atoms. The van der Waals surface area contributed by atoms with Gasteiger partial charge in [0.1, 0.15) is 6.61 Å². The first-order chi connectivity index (χ1) is 13.8. The van der Waals surface area contributed by atoms with Crippen molar-refractivity contribution in [2.24, 2.45) is 0 Å². The lowest BCUT2D eigenvalue weighted by Gasteiger charge is -2.33. The molecule has 0 atom stereocenters. The lowest BCUT2D eigenvalue weighted by Crippen LogP contribution is -2.49. The van der Waals surface area contributed by atoms with Crippen LogP contribution in [0.2, 0.25) is 0 Å². The van der Waals surface area contributed by atoms with E-state index in [1.165, 1.54) is 0 Å². The van der Waals surface area contributed by atoms with Crippen LogP contribution in [0.25, 0.3) is 10.7 Å². The Balaban J connectivity index is 1.19. The number of carbonyl (C=O) groups excluding carboxylic acids is 1. The number of nitrogens with zero attached hydrogens (tertiary/aromatic N) is 4. The second-order valence-electron chi connectivity index (χ2n) is 6.62. The summed E-state index contributed by atoms with van der Waals surface area (Å²) in [5.74, 6) is 1.28. The second-order valence-corrected chi connectivity index (χ2v) is 7.57. The normalized spacial score (nSPS) is 15.1. The van der Waals surface area contributed by atoms with E-state index in [9.17, 15) is 4.79 Å². The fourth-order valence-electron chi connectivity index (χ4n) is 3.09. The quantitative estimate of drug-likeness (QED) is 0.609. The van der Waals surface area contributed by atoms with Crippen LogP contribution in [0, 0.1) is 0 Å². The summed E-state index contributed by atoms with van der Waals surface area (Å²) in [5.41, 5.74) is 1.07. The van der Waals surface area contributed by atoms with Gasteiger partial charge in [0, 0.05) is 26.2 Å². The number of amides is 1. The molecule has 1 aromatic carbocycles. The third-order valence-corrected chi connectivity index (χ3v) is 5.50. The Morgan fingerprint density at radius 2 is 1.93 bits per heavy atom. The number of ether oxygens (including phenoxy) is 1. The Bertz CT molecular complexity index is 874. The highest BCUT2D eigenvalue weighted by Gasteiger charge is 2.22. The van der Waals surface area contributed by atoms with E-state index < -0.39 is 0 Å². The van der Waals surface area contributed by atoms with Crippen molar-refractivity contribution in [1.29, 1.82) is 0 Å². The van der Waals surface area contributed by atoms with Crippen molar-refractivity contribution in [2.45, 2.75) is 13.2 Å². The van der Waals surface area contributed by atoms with Gasteiger partial charge in [0.2, 0.25) is 17.6 Å². The molecular weight excluding hydrogens is 376 g/mol. The SMILES string of the molecule is O=C(COCc1ccccc1)N1CCN(Cc2nc(-c3cccs3)no2)CC1. The maximum Gasteiger partial charge on any atom is 0.248 e. The third-order valence-electron chi connectivity index (χ3n) is 4.63. The van der Waals surface area contributed by atoms with Gasteiger partial charge in [-0.25, -0.2) is 0 Å². The zero-order chi connectivity index (χ0) is 19.2. The topological polar surface area (TPSA) is 71.7 Å². The Kier molecular flexibility index (Phi) is 6.11. The van der Waals surface area contributed by atoms with Crippen molar-refractivity contribution in [2.75, 3.05) is 32.8 Å². The highest BCUT2D eigenvalue weighted by Crippen LogP contribution is 2.21. The Morgan fingerprint density at radius 1 is 1.11 bits per heavy atom. The fraction of sp³-hybridized carbons (Fsp3) is 0.350. The number of rotatable bonds is 7. The molecule has 0 saturated carbocycles. The van der Waals surface area contributed by atoms with E-state index in [0.717, 1.165) is 23.5 Å². The van der Waals surface area contributed by atoms with Crippen molar-refractivity contribution in [1.82, 2.24) is 19.9 Å². The summed E-state index contributed by atoms with van der Waals surface area (Å²) in [4.78, 5) is 21.9. The number of piperazine rings is 1. The first kappa shape index (κ1) is 18.8. The van der Waals surface area contributed by atoms with Crippen LogP contribution in [0.1, 0.15) is 11.5 Å². The number of aromatic nitrogens is 2. The van der Waals surface area contributed by atoms with Gasteiger partial charge in [-0.2, -0.15) is 4.98 Å². The molecule has 8 heteroatoms. The van der Waals surface area contributed by atoms with Gasteiger partial charge in [0.25, 0.3) is 0 Å². The zero-order valence-electron chi connectivity index (χ0n) is 15.5. The molecule has 1 saturated heterocycles. The van der Waals surface area contributed by atoms with E-state index in [-0.39, 0.29) is 12.5 Å². The van der Waals surface area contributed by atoms with E-state index in [0.29, 0.717) is 38.0 Å². The summed E-state index contributed by atoms with van der Waals surface area (Å²) in [6, 6.07) is 13.8. The van der Waals surface area contributed by atoms with Crippen molar-refractivity contribution in [3.63, 3.8) is 0 Å². The summed E-state index contributed by atoms with van der Waals surface area (Å²) in [6.07, 6.45) is 0. The Morgan fingerprint density at radius 3 is 2.68 bits per heavy atom. The first-order valence-corrected chi connectivity index (χ1v) is 10.1. The van der Waals surface area contributed by atoms with Gasteiger partial charge in [-0.3, -0.25) is 9.69 Å². The predicted octanol–water partition coefficient (Wildman–Crippen LogP) is 2.66. The van der Waals surface area contributed by atoms with Gasteiger partial charge in [0.15, 0.2) is 0 Å². The number of hydrogen-bond acceptors (Lipinski definition) is 7. The number of thiophene rings is 1. The molecule has 3 heterocycles. The maximum absolute atomic E-state index is 12.3. The minimum Gasteiger partial charge on any atom is -0.367 e. The third kappa shape index (κ3) is 4.83. The van der Waals surface area contributed by atoms with Crippen molar-refractivity contribution >= 4 is 17.2 Å². The molecule has 28 heavy (non-hydrogen) atoms. The summed E-state index contributed by atoms with van der Waals surface area (Å²) in [5, 5.41) is 6.03. The van der Waals surface area contributed by atoms with Crippen LogP contribution < -0.4 is 0 Å². The molecule has 1 aliphatic rings. The minimum absolute atomic E-state index is 0.0355. The van der Waals surface area contributed by atoms with E-state index >= 15 is 0 Å². The van der Waals surface area contributed by atoms with Crippen molar-refractivity contribution < 1.29 is 14.1 Å². The largest absolute Gasteiger partial charge is 0.367 e. The van der Waals surface area contributed by atoms with Gasteiger partial charge in [-0.15, -0.1) is 11.3 Å². The molecule has 146 valence electrons. The molecular formula is C20H22N4O3S. The van der Waals surface area contributed by atoms with E-state index in [2.05, 4.69) is 15.0 Å². The lowest BCUT2D eigenvalue weighted by molar-refractivity contribution is -0.138. The van der Waals surface area contributed by atoms with Gasteiger partial charge >= 0.3 is 0 Å². The van der Waals surface area contributed by atoms with Crippen LogP contribution in [-0.4, -0.2) is 58.6 Å². The molecule has 3 aromatic rings. The summed E-state index contributed by atoms with van der Waals surface area (Å²) in [7, 11) is 0. The first-order valence-electron chi connectivity index (χ1n) is 9.26. The zero-order valence-corrected chi connectivity index (χ0v) is 16.3. The van der Waals surface area contributed by atoms with Crippen LogP contribution in [-0.2, 0) is 22.7 Å². The molecule has 1 fully saturated rings. The van der Waals surface area contributed by atoms with Gasteiger partial charge < -0.3 is 14.2 Å². The minimum atomic E-state index is 0.0355. The van der Waals surface area contributed by atoms with Gasteiger partial charge in [-0.1, -0.05) is 41.6 Å². The number of carbonyl (C=O) groups is 1. The molecule has 0 unspecified atom stereocenters. The summed E-state index contributed by atoms with van der Waals surface area (Å²) >= 11 is 1.59. The molecule has 0 N–H and O–H groups in total. The molecule has 4 rings (SSSR count). The molecule has 0 radical (unpaired) electrons. The average molecular weight is 398 g/mol. The highest BCUT2D eigenvalue weighted by molar-refractivity contribution is 7.13.